The van der Waals surface area contributed by atoms with Gasteiger partial charge in [-0.2, -0.15) is 0 Å². The van der Waals surface area contributed by atoms with Gasteiger partial charge >= 0.3 is 0 Å². The maximum absolute atomic E-state index is 6.12. The average molecular weight is 775 g/mol. The number of rotatable bonds is 8. The van der Waals surface area contributed by atoms with Crippen LogP contribution in [0.3, 0.4) is 0 Å². The second-order valence-electron chi connectivity index (χ2n) is 10.5. The molecule has 0 amide bonds. The molecule has 4 atom stereocenters. The van der Waals surface area contributed by atoms with Crippen molar-refractivity contribution in [2.45, 2.75) is 22.1 Å². The second-order valence-corrected chi connectivity index (χ2v) is 13.4. The summed E-state index contributed by atoms with van der Waals surface area (Å²) in [5.41, 5.74) is 6.57. The molecule has 0 aromatic heterocycles. The summed E-state index contributed by atoms with van der Waals surface area (Å²) in [4.78, 5) is 0. The fourth-order valence-corrected chi connectivity index (χ4v) is 10.3. The third kappa shape index (κ3) is 4.37. The first-order valence-electron chi connectivity index (χ1n) is 13.6. The van der Waals surface area contributed by atoms with E-state index in [9.17, 15) is 0 Å². The Hall–Kier alpha value is -2.88. The van der Waals surface area contributed by atoms with Crippen LogP contribution in [-0.2, 0) is 4.32 Å². The van der Waals surface area contributed by atoms with E-state index in [2.05, 4.69) is 72.1 Å². The quantitative estimate of drug-likeness (QED) is 0.167. The van der Waals surface area contributed by atoms with Crippen molar-refractivity contribution in [3.05, 3.63) is 103 Å². The molecule has 0 saturated carbocycles. The molecule has 0 aliphatic heterocycles. The summed E-state index contributed by atoms with van der Waals surface area (Å²) in [7, 11) is 10.1. The predicted molar refractivity (Wildman–Crippen MR) is 178 cm³/mol. The Morgan fingerprint density at radius 2 is 1.00 bits per heavy atom. The number of hydrogen-bond donors (Lipinski definition) is 0. The summed E-state index contributed by atoms with van der Waals surface area (Å²) >= 11 is 12.4. The molecule has 43 heavy (non-hydrogen) atoms. The van der Waals surface area contributed by atoms with Crippen molar-refractivity contribution >= 4 is 47.8 Å². The largest absolute Gasteiger partial charge is 0.497 e. The second kappa shape index (κ2) is 11.6. The minimum Gasteiger partial charge on any atom is -0.497 e. The van der Waals surface area contributed by atoms with E-state index in [4.69, 9.17) is 28.4 Å². The molecular weight excluding hydrogens is 744 g/mol. The van der Waals surface area contributed by atoms with E-state index in [1.54, 1.807) is 42.7 Å². The van der Waals surface area contributed by atoms with Gasteiger partial charge in [0.25, 0.3) is 0 Å². The fourth-order valence-electron chi connectivity index (χ4n) is 7.04. The Labute approximate surface area is 277 Å². The highest BCUT2D eigenvalue weighted by Gasteiger charge is 2.65. The first-order valence-corrected chi connectivity index (χ1v) is 16.0. The highest BCUT2D eigenvalue weighted by molar-refractivity contribution is 9.11. The number of alkyl halides is 1. The Morgan fingerprint density at radius 3 is 1.49 bits per heavy atom. The van der Waals surface area contributed by atoms with Crippen molar-refractivity contribution in [3.8, 4) is 34.5 Å². The third-order valence-corrected chi connectivity index (χ3v) is 11.8. The van der Waals surface area contributed by atoms with Crippen molar-refractivity contribution in [1.82, 2.24) is 0 Å². The van der Waals surface area contributed by atoms with Gasteiger partial charge in [-0.3, -0.25) is 0 Å². The van der Waals surface area contributed by atoms with Crippen LogP contribution in [-0.4, -0.2) is 42.7 Å². The van der Waals surface area contributed by atoms with Gasteiger partial charge in [0.05, 0.1) is 55.9 Å². The van der Waals surface area contributed by atoms with Crippen LogP contribution in [0.4, 0.5) is 0 Å². The Balaban J connectivity index is 1.78. The molecule has 0 heterocycles. The Bertz CT molecular complexity index is 1690. The zero-order valence-electron chi connectivity index (χ0n) is 24.6. The summed E-state index contributed by atoms with van der Waals surface area (Å²) in [5.74, 6) is 4.08. The standard InChI is InChI=1S/C34H31Br3O6/c1-38-19-11-7-17(8-12-19)25-26-21(40-3)16-24(43-6)33(36)31(26)34(37)29(18-9-13-20(39-2)14-10-18)27-22(41-4)15-23(42-5)32(35)28(27)30(25)34/h7-16,25,29-30H,1-6H3. The molecule has 224 valence electrons. The van der Waals surface area contributed by atoms with E-state index in [1.165, 1.54) is 0 Å². The van der Waals surface area contributed by atoms with Gasteiger partial charge in [0.2, 0.25) is 0 Å². The van der Waals surface area contributed by atoms with Crippen molar-refractivity contribution in [1.29, 1.82) is 0 Å². The Kier molecular flexibility index (Phi) is 8.11. The molecule has 9 heteroatoms. The van der Waals surface area contributed by atoms with Crippen LogP contribution < -0.4 is 28.4 Å². The first-order chi connectivity index (χ1) is 20.8. The van der Waals surface area contributed by atoms with E-state index in [0.29, 0.717) is 11.5 Å². The molecule has 4 aromatic carbocycles. The number of halogens is 3. The summed E-state index contributed by atoms with van der Waals surface area (Å²) < 4.78 is 36.2. The van der Waals surface area contributed by atoms with E-state index in [1.807, 2.05) is 36.4 Å². The van der Waals surface area contributed by atoms with Gasteiger partial charge in [-0.15, -0.1) is 0 Å². The van der Waals surface area contributed by atoms with Crippen molar-refractivity contribution < 1.29 is 28.4 Å². The molecule has 0 fully saturated rings. The maximum Gasteiger partial charge on any atom is 0.137 e. The molecule has 4 unspecified atom stereocenters. The highest BCUT2D eigenvalue weighted by atomic mass is 79.9. The zero-order valence-corrected chi connectivity index (χ0v) is 29.3. The smallest absolute Gasteiger partial charge is 0.137 e. The first kappa shape index (κ1) is 30.2. The summed E-state index contributed by atoms with van der Waals surface area (Å²) in [6, 6.07) is 20.5. The van der Waals surface area contributed by atoms with Crippen LogP contribution in [0.1, 0.15) is 51.1 Å². The minimum atomic E-state index is -0.660. The SMILES string of the molecule is COc1ccc(C2c3c(OC)cc(OC)c(Br)c3C3(Br)C(c4ccc(OC)cc4)c4c(OC)cc(OC)c(Br)c4C23)cc1. The number of methoxy groups -OCH3 is 6. The highest BCUT2D eigenvalue weighted by Crippen LogP contribution is 2.76. The molecule has 6 nitrogen and oxygen atoms in total. The van der Waals surface area contributed by atoms with Gasteiger partial charge in [0.15, 0.2) is 0 Å². The molecule has 2 aliphatic carbocycles. The van der Waals surface area contributed by atoms with Crippen LogP contribution >= 0.6 is 47.8 Å². The summed E-state index contributed by atoms with van der Waals surface area (Å²) in [6.07, 6.45) is 0. The molecule has 6 rings (SSSR count). The minimum absolute atomic E-state index is 0.117. The number of benzene rings is 4. The Morgan fingerprint density at radius 1 is 0.535 bits per heavy atom. The maximum atomic E-state index is 6.12. The molecular formula is C34H31Br3O6. The summed E-state index contributed by atoms with van der Waals surface area (Å²) in [5, 5.41) is 0. The molecule has 0 saturated heterocycles. The molecule has 0 radical (unpaired) electrons. The van der Waals surface area contributed by atoms with E-state index >= 15 is 0 Å². The number of hydrogen-bond acceptors (Lipinski definition) is 6. The average Bonchev–Trinajstić information content (AvgIpc) is 3.47. The van der Waals surface area contributed by atoms with Crippen LogP contribution in [0.5, 0.6) is 34.5 Å². The van der Waals surface area contributed by atoms with E-state index < -0.39 is 4.32 Å². The third-order valence-electron chi connectivity index (χ3n) is 8.81. The lowest BCUT2D eigenvalue weighted by Crippen LogP contribution is -2.27. The predicted octanol–water partition coefficient (Wildman–Crippen LogP) is 8.93. The molecule has 0 N–H and O–H groups in total. The molecule has 0 bridgehead atoms. The van der Waals surface area contributed by atoms with Crippen LogP contribution in [0.25, 0.3) is 0 Å². The normalized spacial score (nSPS) is 21.5. The number of fused-ring (bicyclic) bond motifs is 5. The topological polar surface area (TPSA) is 55.4 Å². The van der Waals surface area contributed by atoms with Gasteiger partial charge in [0, 0.05) is 41.0 Å². The molecule has 4 aromatic rings. The van der Waals surface area contributed by atoms with Gasteiger partial charge in [-0.05, 0) is 78.4 Å². The monoisotopic (exact) mass is 772 g/mol. The van der Waals surface area contributed by atoms with Gasteiger partial charge in [-0.1, -0.05) is 40.2 Å². The molecule has 2 aliphatic rings. The molecule has 0 spiro atoms. The summed E-state index contributed by atoms with van der Waals surface area (Å²) in [6.45, 7) is 0. The number of ether oxygens (including phenoxy) is 6. The fraction of sp³-hybridized carbons (Fsp3) is 0.294. The lowest BCUT2D eigenvalue weighted by atomic mass is 9.78. The van der Waals surface area contributed by atoms with Gasteiger partial charge < -0.3 is 28.4 Å². The lowest BCUT2D eigenvalue weighted by Gasteiger charge is -2.34. The van der Waals surface area contributed by atoms with Gasteiger partial charge in [-0.25, -0.2) is 0 Å². The van der Waals surface area contributed by atoms with Gasteiger partial charge in [0.1, 0.15) is 34.5 Å². The van der Waals surface area contributed by atoms with Crippen molar-refractivity contribution in [2.24, 2.45) is 0 Å². The zero-order chi connectivity index (χ0) is 30.6. The lowest BCUT2D eigenvalue weighted by molar-refractivity contribution is 0.386. The van der Waals surface area contributed by atoms with Crippen LogP contribution in [0.2, 0.25) is 0 Å². The van der Waals surface area contributed by atoms with Crippen molar-refractivity contribution in [2.75, 3.05) is 42.7 Å². The van der Waals surface area contributed by atoms with E-state index in [0.717, 1.165) is 65.3 Å². The van der Waals surface area contributed by atoms with Crippen LogP contribution in [0.15, 0.2) is 69.6 Å². The van der Waals surface area contributed by atoms with Crippen molar-refractivity contribution in [3.63, 3.8) is 0 Å². The van der Waals surface area contributed by atoms with E-state index in [-0.39, 0.29) is 17.8 Å². The van der Waals surface area contributed by atoms with Crippen LogP contribution in [0, 0.1) is 0 Å².